The van der Waals surface area contributed by atoms with Crippen molar-refractivity contribution in [3.8, 4) is 0 Å². The normalized spacial score (nSPS) is 20.3. The fourth-order valence-corrected chi connectivity index (χ4v) is 9.15. The highest BCUT2D eigenvalue weighted by molar-refractivity contribution is 7.78. The molecule has 0 radical (unpaired) electrons. The number of hydrogen-bond donors (Lipinski definition) is 0. The van der Waals surface area contributed by atoms with Crippen LogP contribution in [0.15, 0.2) is 84.5 Å². The summed E-state index contributed by atoms with van der Waals surface area (Å²) >= 11 is 0. The number of benzene rings is 2. The van der Waals surface area contributed by atoms with Crippen molar-refractivity contribution in [1.82, 2.24) is 0 Å². The van der Waals surface area contributed by atoms with Crippen LogP contribution in [0.25, 0.3) is 0 Å². The van der Waals surface area contributed by atoms with Gasteiger partial charge in [0.05, 0.1) is 0 Å². The average molecular weight is 499 g/mol. The van der Waals surface area contributed by atoms with Crippen LogP contribution in [-0.4, -0.2) is 32.0 Å². The second-order valence-corrected chi connectivity index (χ2v) is 14.1. The third-order valence-electron chi connectivity index (χ3n) is 6.95. The quantitative estimate of drug-likeness (QED) is 0.265. The van der Waals surface area contributed by atoms with Gasteiger partial charge in [0.2, 0.25) is 0 Å². The lowest BCUT2D eigenvalue weighted by Gasteiger charge is -2.43. The Kier molecular flexibility index (Phi) is 9.31. The van der Waals surface area contributed by atoms with Crippen molar-refractivity contribution in [2.24, 2.45) is 11.3 Å². The minimum absolute atomic E-state index is 0.0611. The Hall–Kier alpha value is -1.50. The van der Waals surface area contributed by atoms with E-state index >= 15 is 0 Å². The molecule has 2 aromatic rings. The molecule has 0 N–H and O–H groups in total. The third kappa shape index (κ3) is 6.15. The van der Waals surface area contributed by atoms with Gasteiger partial charge in [0, 0.05) is 22.2 Å². The summed E-state index contributed by atoms with van der Waals surface area (Å²) in [6, 6.07) is 19.8. The van der Waals surface area contributed by atoms with Crippen LogP contribution in [0, 0.1) is 11.3 Å². The Bertz CT molecular complexity index is 939. The van der Waals surface area contributed by atoms with Crippen LogP contribution in [0.3, 0.4) is 0 Å². The molecule has 33 heavy (non-hydrogen) atoms. The summed E-state index contributed by atoms with van der Waals surface area (Å²) in [6.45, 7) is 13.3. The van der Waals surface area contributed by atoms with Crippen LogP contribution in [0.1, 0.15) is 33.1 Å². The SMILES string of the molecule is C=C1CCC(C(C)(C)C(O[SiH2]C)O[SiH2]C)C/C1=C/CP(=O)(c1ccccc1)c1ccccc1. The molecule has 1 unspecified atom stereocenters. The van der Waals surface area contributed by atoms with Gasteiger partial charge in [0.25, 0.3) is 0 Å². The van der Waals surface area contributed by atoms with E-state index in [9.17, 15) is 4.57 Å². The Morgan fingerprint density at radius 3 is 2.03 bits per heavy atom. The summed E-state index contributed by atoms with van der Waals surface area (Å²) in [5.74, 6) is 0.452. The molecule has 3 nitrogen and oxygen atoms in total. The van der Waals surface area contributed by atoms with E-state index in [1.807, 2.05) is 60.7 Å². The van der Waals surface area contributed by atoms with E-state index in [4.69, 9.17) is 8.85 Å². The van der Waals surface area contributed by atoms with Crippen LogP contribution >= 0.6 is 7.14 Å². The minimum atomic E-state index is -2.77. The van der Waals surface area contributed by atoms with Gasteiger partial charge in [-0.15, -0.1) is 0 Å². The molecule has 0 spiro atoms. The third-order valence-corrected chi connectivity index (χ3v) is 11.2. The summed E-state index contributed by atoms with van der Waals surface area (Å²) in [5, 5.41) is 1.82. The highest BCUT2D eigenvalue weighted by atomic mass is 31.2. The maximum atomic E-state index is 14.4. The van der Waals surface area contributed by atoms with Gasteiger partial charge >= 0.3 is 0 Å². The van der Waals surface area contributed by atoms with Crippen molar-refractivity contribution in [3.63, 3.8) is 0 Å². The lowest BCUT2D eigenvalue weighted by molar-refractivity contribution is -0.107. The van der Waals surface area contributed by atoms with Crippen LogP contribution in [0.4, 0.5) is 0 Å². The summed E-state index contributed by atoms with van der Waals surface area (Å²) in [7, 11) is -3.88. The molecule has 0 aliphatic heterocycles. The lowest BCUT2D eigenvalue weighted by Crippen LogP contribution is -2.42. The molecule has 1 aliphatic carbocycles. The van der Waals surface area contributed by atoms with Gasteiger partial charge in [0.1, 0.15) is 13.4 Å². The lowest BCUT2D eigenvalue weighted by atomic mass is 9.68. The molecule has 6 heteroatoms. The topological polar surface area (TPSA) is 35.5 Å². The predicted octanol–water partition coefficient (Wildman–Crippen LogP) is 4.93. The molecule has 0 aromatic heterocycles. The van der Waals surface area contributed by atoms with Crippen molar-refractivity contribution in [1.29, 1.82) is 0 Å². The van der Waals surface area contributed by atoms with Gasteiger partial charge in [-0.1, -0.05) is 106 Å². The van der Waals surface area contributed by atoms with Crippen LogP contribution in [0.2, 0.25) is 13.1 Å². The van der Waals surface area contributed by atoms with Gasteiger partial charge in [-0.25, -0.2) is 0 Å². The molecule has 0 saturated heterocycles. The first kappa shape index (κ1) is 26.1. The Morgan fingerprint density at radius 1 is 1.03 bits per heavy atom. The molecule has 178 valence electrons. The zero-order valence-corrected chi connectivity index (χ0v) is 24.4. The van der Waals surface area contributed by atoms with E-state index in [1.54, 1.807) is 0 Å². The Morgan fingerprint density at radius 2 is 1.55 bits per heavy atom. The van der Waals surface area contributed by atoms with E-state index in [1.165, 1.54) is 11.1 Å². The van der Waals surface area contributed by atoms with E-state index in [2.05, 4.69) is 39.6 Å². The first-order chi connectivity index (χ1) is 15.8. The molecule has 3 rings (SSSR count). The second kappa shape index (κ2) is 11.8. The zero-order valence-electron chi connectivity index (χ0n) is 20.6. The fourth-order valence-electron chi connectivity index (χ4n) is 4.79. The van der Waals surface area contributed by atoms with Crippen molar-refractivity contribution in [3.05, 3.63) is 84.5 Å². The van der Waals surface area contributed by atoms with Crippen molar-refractivity contribution < 1.29 is 13.4 Å². The molecular formula is C27H39O3PSi2. The summed E-state index contributed by atoms with van der Waals surface area (Å²) in [6.07, 6.45) is 5.63. The molecular weight excluding hydrogens is 459 g/mol. The molecule has 2 aromatic carbocycles. The minimum Gasteiger partial charge on any atom is -0.400 e. The highest BCUT2D eigenvalue weighted by Gasteiger charge is 2.40. The van der Waals surface area contributed by atoms with E-state index in [-0.39, 0.29) is 11.7 Å². The largest absolute Gasteiger partial charge is 0.400 e. The maximum Gasteiger partial charge on any atom is 0.161 e. The number of allylic oxidation sites excluding steroid dienone is 3. The molecule has 1 saturated carbocycles. The van der Waals surface area contributed by atoms with Crippen LogP contribution in [0.5, 0.6) is 0 Å². The average Bonchev–Trinajstić information content (AvgIpc) is 2.84. The Labute approximate surface area is 204 Å². The van der Waals surface area contributed by atoms with Gasteiger partial charge in [-0.05, 0) is 30.8 Å². The summed E-state index contributed by atoms with van der Waals surface area (Å²) in [4.78, 5) is 0. The summed E-state index contributed by atoms with van der Waals surface area (Å²) < 4.78 is 26.7. The molecule has 1 fully saturated rings. The van der Waals surface area contributed by atoms with E-state index in [0.29, 0.717) is 12.1 Å². The van der Waals surface area contributed by atoms with Gasteiger partial charge < -0.3 is 13.4 Å². The molecule has 0 amide bonds. The van der Waals surface area contributed by atoms with Gasteiger partial charge in [-0.2, -0.15) is 0 Å². The second-order valence-electron chi connectivity index (χ2n) is 9.43. The molecule has 0 heterocycles. The van der Waals surface area contributed by atoms with Crippen molar-refractivity contribution in [2.75, 3.05) is 6.16 Å². The first-order valence-electron chi connectivity index (χ1n) is 12.1. The zero-order chi connectivity index (χ0) is 23.9. The smallest absolute Gasteiger partial charge is 0.161 e. The highest BCUT2D eigenvalue weighted by Crippen LogP contribution is 2.47. The van der Waals surface area contributed by atoms with Crippen molar-refractivity contribution in [2.45, 2.75) is 52.5 Å². The summed E-state index contributed by atoms with van der Waals surface area (Å²) in [5.41, 5.74) is 2.38. The standard InChI is InChI=1S/C27H39O3PSi2/c1-21-16-17-23(27(2,3)26(29-32-4)30-33-5)20-22(21)18-19-31(28,24-12-8-6-9-13-24)25-14-10-7-11-15-25/h6-15,18,23,26H,1,16-17,19-20,32-33H2,2-5H3/b22-18-. The van der Waals surface area contributed by atoms with E-state index < -0.39 is 26.7 Å². The monoisotopic (exact) mass is 498 g/mol. The molecule has 1 aliphatic rings. The predicted molar refractivity (Wildman–Crippen MR) is 148 cm³/mol. The van der Waals surface area contributed by atoms with Gasteiger partial charge in [0.15, 0.2) is 19.5 Å². The molecule has 1 atom stereocenters. The van der Waals surface area contributed by atoms with Crippen LogP contribution < -0.4 is 10.6 Å². The molecule has 0 bridgehead atoms. The first-order valence-corrected chi connectivity index (χ1v) is 18.0. The van der Waals surface area contributed by atoms with E-state index in [0.717, 1.165) is 29.9 Å². The number of rotatable bonds is 10. The fraction of sp³-hybridized carbons (Fsp3) is 0.407. The maximum absolute atomic E-state index is 14.4. The van der Waals surface area contributed by atoms with Crippen molar-refractivity contribution >= 4 is 37.3 Å². The van der Waals surface area contributed by atoms with Gasteiger partial charge in [-0.3, -0.25) is 0 Å². The van der Waals surface area contributed by atoms with Crippen LogP contribution in [-0.2, 0) is 13.4 Å². The Balaban J connectivity index is 1.89. The number of hydrogen-bond acceptors (Lipinski definition) is 3.